The Morgan fingerprint density at radius 1 is 1.50 bits per heavy atom. The van der Waals surface area contributed by atoms with Crippen LogP contribution in [0, 0.1) is 18.3 Å². The van der Waals surface area contributed by atoms with Gasteiger partial charge in [-0.05, 0) is 24.7 Å². The van der Waals surface area contributed by atoms with Crippen LogP contribution in [0.1, 0.15) is 6.42 Å². The van der Waals surface area contributed by atoms with Crippen LogP contribution in [-0.4, -0.2) is 0 Å². The molecule has 2 fully saturated rings. The van der Waals surface area contributed by atoms with E-state index in [2.05, 4.69) is 6.42 Å². The summed E-state index contributed by atoms with van der Waals surface area (Å²) in [5.74, 6) is 2.00. The number of hydrogen-bond donors (Lipinski definition) is 0. The molecule has 2 aliphatic carbocycles. The Labute approximate surface area is 25.8 Å². The highest BCUT2D eigenvalue weighted by atomic mass is 14.6. The summed E-state index contributed by atoms with van der Waals surface area (Å²) in [6.07, 6.45) is 4.67. The van der Waals surface area contributed by atoms with Crippen molar-refractivity contribution in [3.05, 3.63) is 6.42 Å². The van der Waals surface area contributed by atoms with Gasteiger partial charge in [-0.3, -0.25) is 0 Å². The third-order valence-corrected chi connectivity index (χ3v) is 1.11. The molecular formula is C4H4. The van der Waals surface area contributed by atoms with Crippen molar-refractivity contribution in [2.45, 2.75) is 6.42 Å². The molecule has 0 heterocycles. The molecule has 4 heavy (non-hydrogen) atoms. The molecule has 0 aromatic carbocycles. The van der Waals surface area contributed by atoms with E-state index in [9.17, 15) is 0 Å². The van der Waals surface area contributed by atoms with E-state index in [-0.39, 0.29) is 0 Å². The van der Waals surface area contributed by atoms with Crippen LogP contribution < -0.4 is 0 Å². The lowest BCUT2D eigenvalue weighted by Crippen LogP contribution is -1.49. The SMILES string of the molecule is [C]1C2CC12. The monoisotopic (exact) mass is 52.0 g/mol. The smallest absolute Gasteiger partial charge is 0.00995 e. The average Bonchev–Trinajstić information content (AvgIpc) is 1.36. The highest BCUT2D eigenvalue weighted by molar-refractivity contribution is 5.20. The molecule has 2 radical (unpaired) electrons. The van der Waals surface area contributed by atoms with Gasteiger partial charge in [-0.25, -0.2) is 0 Å². The van der Waals surface area contributed by atoms with Gasteiger partial charge in [-0.1, -0.05) is 0 Å². The lowest BCUT2D eigenvalue weighted by atomic mass is 10.5. The van der Waals surface area contributed by atoms with Crippen LogP contribution in [0.3, 0.4) is 0 Å². The molecule has 0 aromatic heterocycles. The molecular weight excluding hydrogens is 48.0 g/mol. The normalized spacial score (nSPS) is 66.0. The summed E-state index contributed by atoms with van der Waals surface area (Å²) in [6.45, 7) is 0. The predicted molar refractivity (Wildman–Crippen MR) is 14.8 cm³/mol. The largest absolute Gasteiger partial charge is 0.0458 e. The van der Waals surface area contributed by atoms with E-state index in [4.69, 9.17) is 0 Å². The third-order valence-electron chi connectivity index (χ3n) is 1.11. The fourth-order valence-corrected chi connectivity index (χ4v) is 0.390. The molecule has 0 saturated heterocycles. The first-order valence-electron chi connectivity index (χ1n) is 1.73. The van der Waals surface area contributed by atoms with Gasteiger partial charge in [0.1, 0.15) is 0 Å². The average molecular weight is 52.1 g/mol. The first-order valence-corrected chi connectivity index (χ1v) is 1.73. The van der Waals surface area contributed by atoms with Gasteiger partial charge in [0.25, 0.3) is 0 Å². The van der Waals surface area contributed by atoms with Gasteiger partial charge in [0.05, 0.1) is 0 Å². The molecule has 0 heteroatoms. The molecule has 0 amide bonds. The molecule has 0 N–H and O–H groups in total. The second-order valence-electron chi connectivity index (χ2n) is 1.62. The topological polar surface area (TPSA) is 0 Å². The van der Waals surface area contributed by atoms with Gasteiger partial charge in [0.15, 0.2) is 0 Å². The van der Waals surface area contributed by atoms with Crippen molar-refractivity contribution in [2.24, 2.45) is 11.8 Å². The van der Waals surface area contributed by atoms with E-state index >= 15 is 0 Å². The standard InChI is InChI=1S/C4H4/c1-3-2-4(1)3/h3-4H,1H2. The van der Waals surface area contributed by atoms with Crippen molar-refractivity contribution < 1.29 is 0 Å². The summed E-state index contributed by atoms with van der Waals surface area (Å²) in [5, 5.41) is 0. The van der Waals surface area contributed by atoms with Gasteiger partial charge in [0, 0.05) is 0 Å². The zero-order valence-electron chi connectivity index (χ0n) is 2.36. The van der Waals surface area contributed by atoms with E-state index < -0.39 is 0 Å². The van der Waals surface area contributed by atoms with Gasteiger partial charge >= 0.3 is 0 Å². The summed E-state index contributed by atoms with van der Waals surface area (Å²) >= 11 is 0. The molecule has 2 saturated carbocycles. The van der Waals surface area contributed by atoms with Gasteiger partial charge in [0.2, 0.25) is 0 Å². The molecule has 20 valence electrons. The van der Waals surface area contributed by atoms with E-state index in [0.29, 0.717) is 0 Å². The Morgan fingerprint density at radius 3 is 1.75 bits per heavy atom. The Hall–Kier alpha value is 0. The fourth-order valence-electron chi connectivity index (χ4n) is 0.390. The fraction of sp³-hybridized carbons (Fsp3) is 0.750. The maximum absolute atomic E-state index is 3.19. The minimum atomic E-state index is 1.000. The maximum Gasteiger partial charge on any atom is -0.00995 e. The molecule has 0 nitrogen and oxygen atoms in total. The van der Waals surface area contributed by atoms with Crippen LogP contribution in [0.2, 0.25) is 0 Å². The van der Waals surface area contributed by atoms with E-state index in [1.165, 1.54) is 6.42 Å². The quantitative estimate of drug-likeness (QED) is 0.381. The van der Waals surface area contributed by atoms with Crippen LogP contribution >= 0.6 is 0 Å². The molecule has 2 unspecified atom stereocenters. The summed E-state index contributed by atoms with van der Waals surface area (Å²) in [7, 11) is 0. The molecule has 0 spiro atoms. The zero-order chi connectivity index (χ0) is 2.57. The van der Waals surface area contributed by atoms with E-state index in [1.54, 1.807) is 0 Å². The zero-order valence-corrected chi connectivity index (χ0v) is 2.36. The molecule has 2 rings (SSSR count). The molecule has 2 aliphatic rings. The minimum absolute atomic E-state index is 1.000. The van der Waals surface area contributed by atoms with Crippen LogP contribution in [-0.2, 0) is 0 Å². The van der Waals surface area contributed by atoms with Crippen molar-refractivity contribution in [2.75, 3.05) is 0 Å². The van der Waals surface area contributed by atoms with Crippen LogP contribution in [0.25, 0.3) is 0 Å². The number of rotatable bonds is 0. The van der Waals surface area contributed by atoms with Gasteiger partial charge < -0.3 is 0 Å². The Kier molecular flexibility index (Phi) is 0.0675. The van der Waals surface area contributed by atoms with Crippen LogP contribution in [0.5, 0.6) is 0 Å². The van der Waals surface area contributed by atoms with Crippen molar-refractivity contribution in [1.29, 1.82) is 0 Å². The summed E-state index contributed by atoms with van der Waals surface area (Å²) in [6, 6.07) is 0. The first kappa shape index (κ1) is 1.44. The lowest BCUT2D eigenvalue weighted by molar-refractivity contribution is 1.09. The molecule has 0 bridgehead atoms. The number of fused-ring (bicyclic) bond motifs is 1. The first-order chi connectivity index (χ1) is 1.97. The van der Waals surface area contributed by atoms with Gasteiger partial charge in [-0.2, -0.15) is 0 Å². The lowest BCUT2D eigenvalue weighted by Gasteiger charge is -1.59. The Balaban J connectivity index is 2.48. The van der Waals surface area contributed by atoms with Crippen molar-refractivity contribution >= 4 is 0 Å². The molecule has 0 aliphatic heterocycles. The number of hydrogen-bond acceptors (Lipinski definition) is 0. The second kappa shape index (κ2) is 0.188. The van der Waals surface area contributed by atoms with Crippen molar-refractivity contribution in [3.63, 3.8) is 0 Å². The molecule has 2 atom stereocenters. The van der Waals surface area contributed by atoms with E-state index in [0.717, 1.165) is 11.8 Å². The predicted octanol–water partition coefficient (Wildman–Crippen LogP) is 0.717. The highest BCUT2D eigenvalue weighted by Crippen LogP contribution is 2.61. The second-order valence-corrected chi connectivity index (χ2v) is 1.62. The van der Waals surface area contributed by atoms with Crippen molar-refractivity contribution in [3.8, 4) is 0 Å². The Bertz CT molecular complexity index is 36.0. The molecule has 0 aromatic rings. The van der Waals surface area contributed by atoms with Crippen LogP contribution in [0.15, 0.2) is 0 Å². The highest BCUT2D eigenvalue weighted by Gasteiger charge is 2.53. The van der Waals surface area contributed by atoms with Crippen molar-refractivity contribution in [1.82, 2.24) is 0 Å². The van der Waals surface area contributed by atoms with Gasteiger partial charge in [-0.15, -0.1) is 0 Å². The summed E-state index contributed by atoms with van der Waals surface area (Å²) in [4.78, 5) is 0. The third kappa shape index (κ3) is 0.0312. The van der Waals surface area contributed by atoms with E-state index in [1.807, 2.05) is 0 Å². The summed E-state index contributed by atoms with van der Waals surface area (Å²) in [5.41, 5.74) is 0. The van der Waals surface area contributed by atoms with Crippen LogP contribution in [0.4, 0.5) is 0 Å². The summed E-state index contributed by atoms with van der Waals surface area (Å²) < 4.78 is 0. The maximum atomic E-state index is 3.19. The Morgan fingerprint density at radius 2 is 1.75 bits per heavy atom. The minimum Gasteiger partial charge on any atom is -0.0458 e.